The number of carbonyl (C=O) groups is 2. The lowest BCUT2D eigenvalue weighted by Gasteiger charge is -2.28. The third-order valence-corrected chi connectivity index (χ3v) is 6.96. The van der Waals surface area contributed by atoms with Crippen LogP contribution in [0.2, 0.25) is 0 Å². The van der Waals surface area contributed by atoms with Crippen molar-refractivity contribution in [2.45, 2.75) is 38.2 Å². The van der Waals surface area contributed by atoms with Crippen LogP contribution in [0.25, 0.3) is 11.1 Å². The first-order valence-electron chi connectivity index (χ1n) is 12.6. The molecule has 3 aromatic carbocycles. The molecule has 0 fully saturated rings. The monoisotopic (exact) mass is 551 g/mol. The maximum Gasteiger partial charge on any atom is 0.314 e. The predicted molar refractivity (Wildman–Crippen MR) is 148 cm³/mol. The Morgan fingerprint density at radius 2 is 1.41 bits per heavy atom. The molecule has 2 N–H and O–H groups in total. The molecule has 0 aliphatic heterocycles. The number of esters is 2. The molecule has 3 aromatic rings. The second-order valence-corrected chi connectivity index (χ2v) is 12.1. The van der Waals surface area contributed by atoms with E-state index < -0.39 is 39.5 Å². The molecule has 2 unspecified atom stereocenters. The Labute approximate surface area is 229 Å². The van der Waals surface area contributed by atoms with Gasteiger partial charge in [-0.25, -0.2) is 0 Å². The summed E-state index contributed by atoms with van der Waals surface area (Å²) in [6, 6.07) is 21.9. The van der Waals surface area contributed by atoms with E-state index >= 15 is 0 Å². The predicted octanol–water partition coefficient (Wildman–Crippen LogP) is 4.38. The van der Waals surface area contributed by atoms with E-state index in [-0.39, 0.29) is 24.8 Å². The summed E-state index contributed by atoms with van der Waals surface area (Å²) in [7, 11) is -3.73. The summed E-state index contributed by atoms with van der Waals surface area (Å²) in [5, 5.41) is 0. The van der Waals surface area contributed by atoms with Crippen LogP contribution in [0, 0.1) is 5.92 Å². The molecule has 9 heteroatoms. The van der Waals surface area contributed by atoms with Crippen molar-refractivity contribution in [3.05, 3.63) is 89.5 Å². The molecule has 2 atom stereocenters. The minimum atomic E-state index is -3.73. The van der Waals surface area contributed by atoms with Gasteiger partial charge < -0.3 is 19.4 Å². The minimum absolute atomic E-state index is 0.0737. The van der Waals surface area contributed by atoms with Crippen LogP contribution in [0.15, 0.2) is 72.8 Å². The fourth-order valence-corrected chi connectivity index (χ4v) is 5.34. The Morgan fingerprint density at radius 3 is 1.90 bits per heavy atom. The third kappa shape index (κ3) is 6.66. The van der Waals surface area contributed by atoms with Crippen molar-refractivity contribution in [1.82, 2.24) is 0 Å². The summed E-state index contributed by atoms with van der Waals surface area (Å²) in [6.45, 7) is 5.12. The zero-order chi connectivity index (χ0) is 28.4. The highest BCUT2D eigenvalue weighted by molar-refractivity contribution is 7.86. The van der Waals surface area contributed by atoms with Crippen molar-refractivity contribution in [2.75, 3.05) is 19.4 Å². The van der Waals surface area contributed by atoms with Crippen LogP contribution < -0.4 is 9.92 Å². The quantitative estimate of drug-likeness (QED) is 0.307. The Kier molecular flexibility index (Phi) is 8.13. The van der Waals surface area contributed by atoms with Crippen molar-refractivity contribution in [3.63, 3.8) is 0 Å². The molecule has 206 valence electrons. The lowest BCUT2D eigenvalue weighted by Crippen LogP contribution is -2.39. The van der Waals surface area contributed by atoms with Gasteiger partial charge in [0, 0.05) is 12.5 Å². The van der Waals surface area contributed by atoms with E-state index in [2.05, 4.69) is 0 Å². The summed E-state index contributed by atoms with van der Waals surface area (Å²) < 4.78 is 39.4. The highest BCUT2D eigenvalue weighted by Gasteiger charge is 2.39. The molecule has 1 aliphatic rings. The number of carbonyl (C=O) groups excluding carboxylic acids is 2. The van der Waals surface area contributed by atoms with Crippen LogP contribution in [-0.2, 0) is 29.2 Å². The Balaban J connectivity index is 1.63. The lowest BCUT2D eigenvalue weighted by molar-refractivity contribution is -0.165. The molecule has 0 saturated heterocycles. The van der Waals surface area contributed by atoms with Gasteiger partial charge in [-0.3, -0.25) is 9.59 Å². The largest absolute Gasteiger partial charge is 0.464 e. The molecule has 0 radical (unpaired) electrons. The number of hydrogen-bond donors (Lipinski definition) is 1. The highest BCUT2D eigenvalue weighted by atomic mass is 32.2. The molecule has 0 heterocycles. The number of fused-ring (bicyclic) bond motifs is 3. The fraction of sp³-hybridized carbons (Fsp3) is 0.333. The van der Waals surface area contributed by atoms with Gasteiger partial charge in [0.15, 0.2) is 0 Å². The highest BCUT2D eigenvalue weighted by Crippen LogP contribution is 2.44. The molecule has 8 nitrogen and oxygen atoms in total. The topological polar surface area (TPSA) is 122 Å². The van der Waals surface area contributed by atoms with Crippen molar-refractivity contribution in [3.8, 4) is 16.9 Å². The summed E-state index contributed by atoms with van der Waals surface area (Å²) >= 11 is 0. The third-order valence-electron chi connectivity index (χ3n) is 6.46. The Hall–Kier alpha value is -3.69. The van der Waals surface area contributed by atoms with Crippen LogP contribution >= 0.6 is 0 Å². The maximum absolute atomic E-state index is 13.7. The molecular weight excluding hydrogens is 518 g/mol. The average molecular weight is 552 g/mol. The zero-order valence-electron chi connectivity index (χ0n) is 22.4. The van der Waals surface area contributed by atoms with Crippen molar-refractivity contribution in [2.24, 2.45) is 11.7 Å². The summed E-state index contributed by atoms with van der Waals surface area (Å²) in [4.78, 5) is 26.8. The molecule has 39 heavy (non-hydrogen) atoms. The molecular formula is C30H33NO7S. The van der Waals surface area contributed by atoms with Gasteiger partial charge in [-0.2, -0.15) is 8.42 Å². The number of rotatable bonds is 9. The van der Waals surface area contributed by atoms with Gasteiger partial charge in [-0.05, 0) is 60.7 Å². The fourth-order valence-electron chi connectivity index (χ4n) is 4.88. The van der Waals surface area contributed by atoms with E-state index in [1.165, 1.54) is 24.3 Å². The van der Waals surface area contributed by atoms with Crippen molar-refractivity contribution >= 4 is 22.1 Å². The number of ether oxygens (including phenoxy) is 2. The molecule has 0 spiro atoms. The molecule has 1 aliphatic carbocycles. The SMILES string of the molecule is CC(C)(C)OC(=O)C(CN)C(C(=O)OCC1c2ccccc2-c2ccccc21)c1ccc(OS(C)(=O)=O)cc1. The van der Waals surface area contributed by atoms with Crippen molar-refractivity contribution < 1.29 is 31.7 Å². The lowest BCUT2D eigenvalue weighted by atomic mass is 9.85. The van der Waals surface area contributed by atoms with E-state index in [1.807, 2.05) is 48.5 Å². The molecule has 0 saturated carbocycles. The average Bonchev–Trinajstić information content (AvgIpc) is 3.18. The number of benzene rings is 3. The van der Waals surface area contributed by atoms with Crippen molar-refractivity contribution in [1.29, 1.82) is 0 Å². The van der Waals surface area contributed by atoms with Gasteiger partial charge in [-0.15, -0.1) is 0 Å². The van der Waals surface area contributed by atoms with Crippen LogP contribution in [0.3, 0.4) is 0 Å². The summed E-state index contributed by atoms with van der Waals surface area (Å²) in [5.74, 6) is -3.44. The van der Waals surface area contributed by atoms with Gasteiger partial charge in [0.2, 0.25) is 0 Å². The van der Waals surface area contributed by atoms with Gasteiger partial charge in [0.1, 0.15) is 18.0 Å². The van der Waals surface area contributed by atoms with Crippen LogP contribution in [0.5, 0.6) is 5.75 Å². The molecule has 0 amide bonds. The second-order valence-electron chi connectivity index (χ2n) is 10.6. The minimum Gasteiger partial charge on any atom is -0.464 e. The van der Waals surface area contributed by atoms with Gasteiger partial charge in [0.25, 0.3) is 0 Å². The van der Waals surface area contributed by atoms with Gasteiger partial charge in [0.05, 0.1) is 18.1 Å². The van der Waals surface area contributed by atoms with Gasteiger partial charge >= 0.3 is 22.1 Å². The summed E-state index contributed by atoms with van der Waals surface area (Å²) in [5.41, 5.74) is 9.97. The van der Waals surface area contributed by atoms with E-state index in [0.717, 1.165) is 28.5 Å². The normalized spacial score (nSPS) is 14.6. The molecule has 0 bridgehead atoms. The van der Waals surface area contributed by atoms with E-state index in [0.29, 0.717) is 5.56 Å². The Bertz CT molecular complexity index is 1410. The van der Waals surface area contributed by atoms with Crippen LogP contribution in [0.4, 0.5) is 0 Å². The Morgan fingerprint density at radius 1 is 0.872 bits per heavy atom. The van der Waals surface area contributed by atoms with Gasteiger partial charge in [-0.1, -0.05) is 60.7 Å². The first kappa shape index (κ1) is 28.3. The molecule has 4 rings (SSSR count). The zero-order valence-corrected chi connectivity index (χ0v) is 23.2. The summed E-state index contributed by atoms with van der Waals surface area (Å²) in [6.07, 6.45) is 0.938. The molecule has 0 aromatic heterocycles. The van der Waals surface area contributed by atoms with E-state index in [9.17, 15) is 18.0 Å². The smallest absolute Gasteiger partial charge is 0.314 e. The first-order chi connectivity index (χ1) is 18.4. The maximum atomic E-state index is 13.7. The number of hydrogen-bond acceptors (Lipinski definition) is 8. The number of nitrogens with two attached hydrogens (primary N) is 1. The second kappa shape index (κ2) is 11.2. The first-order valence-corrected chi connectivity index (χ1v) is 14.5. The van der Waals surface area contributed by atoms with E-state index in [1.54, 1.807) is 20.8 Å². The van der Waals surface area contributed by atoms with Crippen LogP contribution in [0.1, 0.15) is 49.3 Å². The van der Waals surface area contributed by atoms with Crippen LogP contribution in [-0.4, -0.2) is 45.4 Å². The standard InChI is InChI=1S/C30H33NO7S/c1-30(2,3)37-28(32)25(17-31)27(19-13-15-20(16-14-19)38-39(4,34)35)29(33)36-18-26-23-11-7-5-9-21(23)22-10-6-8-12-24(22)26/h5-16,25-27H,17-18,31H2,1-4H3. The van der Waals surface area contributed by atoms with E-state index in [4.69, 9.17) is 19.4 Å².